The number of nitrogens with zero attached hydrogens (tertiary/aromatic N) is 1. The van der Waals surface area contributed by atoms with Crippen LogP contribution in [0.25, 0.3) is 0 Å². The largest absolute Gasteiger partial charge is 0.379 e. The highest BCUT2D eigenvalue weighted by Crippen LogP contribution is 2.21. The molecule has 5 heteroatoms. The van der Waals surface area contributed by atoms with Crippen molar-refractivity contribution in [3.05, 3.63) is 23.9 Å². The van der Waals surface area contributed by atoms with Crippen molar-refractivity contribution in [3.63, 3.8) is 0 Å². The molecule has 98 valence electrons. The molecule has 1 saturated carbocycles. The molecule has 1 fully saturated rings. The summed E-state index contributed by atoms with van der Waals surface area (Å²) in [4.78, 5) is 16.2. The Morgan fingerprint density at radius 3 is 2.89 bits per heavy atom. The van der Waals surface area contributed by atoms with Crippen LogP contribution in [0.1, 0.15) is 29.6 Å². The van der Waals surface area contributed by atoms with Crippen molar-refractivity contribution in [1.29, 1.82) is 0 Å². The van der Waals surface area contributed by atoms with E-state index in [-0.39, 0.29) is 18.1 Å². The molecular weight excluding hydrogens is 230 g/mol. The molecule has 1 aliphatic carbocycles. The van der Waals surface area contributed by atoms with Gasteiger partial charge in [0.05, 0.1) is 17.7 Å². The van der Waals surface area contributed by atoms with E-state index in [0.29, 0.717) is 5.56 Å². The Bertz CT molecular complexity index is 405. The van der Waals surface area contributed by atoms with E-state index in [1.807, 2.05) is 0 Å². The Labute approximate surface area is 107 Å². The molecular formula is C13H19N3O2. The van der Waals surface area contributed by atoms with Gasteiger partial charge in [0.15, 0.2) is 0 Å². The van der Waals surface area contributed by atoms with Gasteiger partial charge in [-0.15, -0.1) is 0 Å². The minimum Gasteiger partial charge on any atom is -0.379 e. The third kappa shape index (κ3) is 2.79. The first kappa shape index (κ1) is 12.8. The lowest BCUT2D eigenvalue weighted by Crippen LogP contribution is -2.40. The zero-order chi connectivity index (χ0) is 13.0. The first-order valence-corrected chi connectivity index (χ1v) is 6.22. The smallest absolute Gasteiger partial charge is 0.253 e. The van der Waals surface area contributed by atoms with Gasteiger partial charge in [-0.25, -0.2) is 4.98 Å². The van der Waals surface area contributed by atoms with E-state index in [4.69, 9.17) is 4.74 Å². The van der Waals surface area contributed by atoms with Crippen LogP contribution in [0.3, 0.4) is 0 Å². The number of nitrogens with one attached hydrogen (secondary N) is 2. The number of pyridine rings is 1. The van der Waals surface area contributed by atoms with Crippen LogP contribution in [0.5, 0.6) is 0 Å². The van der Waals surface area contributed by atoms with E-state index in [9.17, 15) is 4.79 Å². The average molecular weight is 249 g/mol. The molecule has 0 aromatic carbocycles. The summed E-state index contributed by atoms with van der Waals surface area (Å²) in [6.07, 6.45) is 4.81. The van der Waals surface area contributed by atoms with Crippen molar-refractivity contribution in [2.45, 2.75) is 31.4 Å². The summed E-state index contributed by atoms with van der Waals surface area (Å²) in [7, 11) is 3.49. The third-order valence-electron chi connectivity index (χ3n) is 3.35. The number of amides is 1. The molecule has 5 nitrogen and oxygen atoms in total. The summed E-state index contributed by atoms with van der Waals surface area (Å²) in [6, 6.07) is 3.67. The SMILES string of the molecule is CNc1ccc(C(=O)NC2CCCC2OC)cn1. The topological polar surface area (TPSA) is 63.2 Å². The summed E-state index contributed by atoms with van der Waals surface area (Å²) in [5.41, 5.74) is 0.579. The van der Waals surface area contributed by atoms with Gasteiger partial charge in [0.1, 0.15) is 5.82 Å². The summed E-state index contributed by atoms with van der Waals surface area (Å²) < 4.78 is 5.36. The molecule has 1 aliphatic rings. The molecule has 1 heterocycles. The molecule has 1 aromatic heterocycles. The summed E-state index contributed by atoms with van der Waals surface area (Å²) in [6.45, 7) is 0. The Balaban J connectivity index is 1.98. The molecule has 0 saturated heterocycles. The number of hydrogen-bond donors (Lipinski definition) is 2. The number of carbonyl (C=O) groups excluding carboxylic acids is 1. The number of ether oxygens (including phenoxy) is 1. The van der Waals surface area contributed by atoms with Gasteiger partial charge < -0.3 is 15.4 Å². The molecule has 0 bridgehead atoms. The van der Waals surface area contributed by atoms with E-state index in [0.717, 1.165) is 25.1 Å². The van der Waals surface area contributed by atoms with Crippen molar-refractivity contribution < 1.29 is 9.53 Å². The number of hydrogen-bond acceptors (Lipinski definition) is 4. The van der Waals surface area contributed by atoms with Crippen molar-refractivity contribution in [2.24, 2.45) is 0 Å². The third-order valence-corrected chi connectivity index (χ3v) is 3.35. The molecule has 0 radical (unpaired) electrons. The van der Waals surface area contributed by atoms with Crippen molar-refractivity contribution in [3.8, 4) is 0 Å². The molecule has 2 unspecified atom stereocenters. The molecule has 1 aromatic rings. The second-order valence-corrected chi connectivity index (χ2v) is 4.47. The minimum atomic E-state index is -0.0842. The van der Waals surface area contributed by atoms with Gasteiger partial charge in [-0.2, -0.15) is 0 Å². The zero-order valence-corrected chi connectivity index (χ0v) is 10.8. The average Bonchev–Trinajstić information content (AvgIpc) is 2.86. The van der Waals surface area contributed by atoms with Crippen LogP contribution in [0.4, 0.5) is 5.82 Å². The highest BCUT2D eigenvalue weighted by molar-refractivity contribution is 5.94. The van der Waals surface area contributed by atoms with Crippen LogP contribution in [-0.4, -0.2) is 37.2 Å². The molecule has 2 N–H and O–H groups in total. The van der Waals surface area contributed by atoms with Crippen LogP contribution in [0.2, 0.25) is 0 Å². The molecule has 0 aliphatic heterocycles. The fourth-order valence-electron chi connectivity index (χ4n) is 2.30. The maximum Gasteiger partial charge on any atom is 0.253 e. The number of aromatic nitrogens is 1. The number of carbonyl (C=O) groups is 1. The van der Waals surface area contributed by atoms with Gasteiger partial charge >= 0.3 is 0 Å². The van der Waals surface area contributed by atoms with Crippen molar-refractivity contribution >= 4 is 11.7 Å². The molecule has 18 heavy (non-hydrogen) atoms. The number of anilines is 1. The fraction of sp³-hybridized carbons (Fsp3) is 0.538. The first-order valence-electron chi connectivity index (χ1n) is 6.22. The lowest BCUT2D eigenvalue weighted by atomic mass is 10.2. The quantitative estimate of drug-likeness (QED) is 0.847. The zero-order valence-electron chi connectivity index (χ0n) is 10.8. The predicted octanol–water partition coefficient (Wildman–Crippen LogP) is 1.42. The highest BCUT2D eigenvalue weighted by atomic mass is 16.5. The molecule has 2 rings (SSSR count). The van der Waals surface area contributed by atoms with Gasteiger partial charge in [0.25, 0.3) is 5.91 Å². The monoisotopic (exact) mass is 249 g/mol. The normalized spacial score (nSPS) is 22.8. The van der Waals surface area contributed by atoms with Gasteiger partial charge in [0, 0.05) is 20.4 Å². The summed E-state index contributed by atoms with van der Waals surface area (Å²) >= 11 is 0. The van der Waals surface area contributed by atoms with Gasteiger partial charge in [-0.1, -0.05) is 0 Å². The van der Waals surface area contributed by atoms with Crippen molar-refractivity contribution in [1.82, 2.24) is 10.3 Å². The standard InChI is InChI=1S/C13H19N3O2/c1-14-12-7-6-9(8-15-12)13(17)16-10-4-3-5-11(10)18-2/h6-8,10-11H,3-5H2,1-2H3,(H,14,15)(H,16,17). The Morgan fingerprint density at radius 2 is 2.28 bits per heavy atom. The molecule has 1 amide bonds. The second-order valence-electron chi connectivity index (χ2n) is 4.47. The van der Waals surface area contributed by atoms with Crippen LogP contribution in [0, 0.1) is 0 Å². The Hall–Kier alpha value is -1.62. The Kier molecular flexibility index (Phi) is 4.15. The molecule has 2 atom stereocenters. The number of rotatable bonds is 4. The fourth-order valence-corrected chi connectivity index (χ4v) is 2.30. The van der Waals surface area contributed by atoms with Gasteiger partial charge in [-0.05, 0) is 31.4 Å². The summed E-state index contributed by atoms with van der Waals surface area (Å²) in [5.74, 6) is 0.668. The maximum absolute atomic E-state index is 12.0. The van der Waals surface area contributed by atoms with Crippen molar-refractivity contribution in [2.75, 3.05) is 19.5 Å². The number of methoxy groups -OCH3 is 1. The van der Waals surface area contributed by atoms with Gasteiger partial charge in [0.2, 0.25) is 0 Å². The van der Waals surface area contributed by atoms with E-state index < -0.39 is 0 Å². The van der Waals surface area contributed by atoms with E-state index in [2.05, 4.69) is 15.6 Å². The maximum atomic E-state index is 12.0. The predicted molar refractivity (Wildman–Crippen MR) is 69.7 cm³/mol. The highest BCUT2D eigenvalue weighted by Gasteiger charge is 2.28. The van der Waals surface area contributed by atoms with Crippen LogP contribution >= 0.6 is 0 Å². The van der Waals surface area contributed by atoms with E-state index >= 15 is 0 Å². The van der Waals surface area contributed by atoms with Gasteiger partial charge in [-0.3, -0.25) is 4.79 Å². The lowest BCUT2D eigenvalue weighted by Gasteiger charge is -2.19. The van der Waals surface area contributed by atoms with Crippen LogP contribution in [-0.2, 0) is 4.74 Å². The van der Waals surface area contributed by atoms with Crippen LogP contribution in [0.15, 0.2) is 18.3 Å². The second kappa shape index (κ2) is 5.82. The Morgan fingerprint density at radius 1 is 1.44 bits per heavy atom. The lowest BCUT2D eigenvalue weighted by molar-refractivity contribution is 0.0722. The first-order chi connectivity index (χ1) is 8.74. The molecule has 0 spiro atoms. The van der Waals surface area contributed by atoms with E-state index in [1.165, 1.54) is 0 Å². The summed E-state index contributed by atoms with van der Waals surface area (Å²) in [5, 5.41) is 5.93. The van der Waals surface area contributed by atoms with E-state index in [1.54, 1.807) is 32.5 Å². The van der Waals surface area contributed by atoms with Crippen LogP contribution < -0.4 is 10.6 Å². The minimum absolute atomic E-state index is 0.0842.